The van der Waals surface area contributed by atoms with E-state index in [0.29, 0.717) is 37.1 Å². The monoisotopic (exact) mass is 579 g/mol. The molecule has 1 fully saturated rings. The summed E-state index contributed by atoms with van der Waals surface area (Å²) in [5, 5.41) is 6.02. The number of aromatic nitrogens is 2. The van der Waals surface area contributed by atoms with Crippen molar-refractivity contribution in [2.75, 3.05) is 19.6 Å². The number of likely N-dealkylation sites (tertiary alicyclic amines) is 1. The molecule has 0 bridgehead atoms. The Balaban J connectivity index is 1.38. The molecule has 2 heterocycles. The third-order valence-electron chi connectivity index (χ3n) is 7.87. The van der Waals surface area contributed by atoms with E-state index >= 15 is 0 Å². The first-order valence-corrected chi connectivity index (χ1v) is 14.2. The number of rotatable bonds is 5. The van der Waals surface area contributed by atoms with Crippen molar-refractivity contribution in [2.45, 2.75) is 45.3 Å². The third-order valence-corrected chi connectivity index (χ3v) is 7.87. The quantitative estimate of drug-likeness (QED) is 0.406. The van der Waals surface area contributed by atoms with E-state index < -0.39 is 23.2 Å². The molecule has 222 valence electrons. The average Bonchev–Trinajstić information content (AvgIpc) is 3.26. The second kappa shape index (κ2) is 11.3. The average molecular weight is 580 g/mol. The van der Waals surface area contributed by atoms with Crippen LogP contribution in [0.5, 0.6) is 0 Å². The Morgan fingerprint density at radius 2 is 1.83 bits per heavy atom. The molecule has 2 atom stereocenters. The molecule has 2 aromatic carbocycles. The summed E-state index contributed by atoms with van der Waals surface area (Å²) in [5.41, 5.74) is 2.79. The Labute approximate surface area is 243 Å². The molecule has 0 saturated carbocycles. The Morgan fingerprint density at radius 3 is 2.55 bits per heavy atom. The fraction of sp³-hybridized carbons (Fsp3) is 0.406. The van der Waals surface area contributed by atoms with E-state index in [1.807, 2.05) is 56.7 Å². The van der Waals surface area contributed by atoms with Crippen LogP contribution in [-0.4, -0.2) is 51.6 Å². The first-order chi connectivity index (χ1) is 19.8. The molecule has 2 unspecified atom stereocenters. The maximum Gasteiger partial charge on any atom is 0.416 e. The summed E-state index contributed by atoms with van der Waals surface area (Å²) in [6.45, 7) is 6.76. The number of alkyl halides is 3. The van der Waals surface area contributed by atoms with Crippen LogP contribution in [0.2, 0.25) is 0 Å². The highest BCUT2D eigenvalue weighted by Gasteiger charge is 2.39. The van der Waals surface area contributed by atoms with E-state index in [1.165, 1.54) is 6.07 Å². The van der Waals surface area contributed by atoms with Crippen molar-refractivity contribution in [2.24, 2.45) is 18.9 Å². The van der Waals surface area contributed by atoms with Gasteiger partial charge in [-0.05, 0) is 62.6 Å². The SMILES string of the molecule is Cn1c(CCNC(=O)C2C=CC(c3cccc(C(F)(F)F)c3)=C3CCN(C(=O)NC(C)(C)C)CC32)nc2ccccc21. The van der Waals surface area contributed by atoms with Crippen molar-refractivity contribution in [3.8, 4) is 0 Å². The number of amides is 3. The van der Waals surface area contributed by atoms with Crippen molar-refractivity contribution >= 4 is 28.5 Å². The molecule has 0 spiro atoms. The van der Waals surface area contributed by atoms with Gasteiger partial charge in [-0.2, -0.15) is 13.2 Å². The van der Waals surface area contributed by atoms with Gasteiger partial charge >= 0.3 is 12.2 Å². The molecule has 42 heavy (non-hydrogen) atoms. The summed E-state index contributed by atoms with van der Waals surface area (Å²) in [7, 11) is 1.95. The number of nitrogens with zero attached hydrogens (tertiary/aromatic N) is 3. The molecule has 3 amide bonds. The van der Waals surface area contributed by atoms with Crippen molar-refractivity contribution in [3.63, 3.8) is 0 Å². The molecule has 7 nitrogen and oxygen atoms in total. The van der Waals surface area contributed by atoms with Gasteiger partial charge in [-0.1, -0.05) is 42.0 Å². The number of urea groups is 1. The Bertz CT molecular complexity index is 1560. The van der Waals surface area contributed by atoms with Crippen molar-refractivity contribution in [1.29, 1.82) is 0 Å². The van der Waals surface area contributed by atoms with Crippen molar-refractivity contribution < 1.29 is 22.8 Å². The van der Waals surface area contributed by atoms with Gasteiger partial charge in [-0.3, -0.25) is 4.79 Å². The smallest absolute Gasteiger partial charge is 0.355 e. The van der Waals surface area contributed by atoms with Crippen LogP contribution in [0.3, 0.4) is 0 Å². The lowest BCUT2D eigenvalue weighted by Crippen LogP contribution is -2.53. The van der Waals surface area contributed by atoms with Gasteiger partial charge in [0.25, 0.3) is 0 Å². The molecular weight excluding hydrogens is 543 g/mol. The van der Waals surface area contributed by atoms with Crippen LogP contribution in [0, 0.1) is 11.8 Å². The van der Waals surface area contributed by atoms with E-state index in [-0.39, 0.29) is 24.4 Å². The molecule has 2 N–H and O–H groups in total. The molecule has 1 saturated heterocycles. The zero-order valence-corrected chi connectivity index (χ0v) is 24.3. The number of para-hydroxylation sites is 2. The number of benzene rings is 2. The van der Waals surface area contributed by atoms with Gasteiger partial charge in [0, 0.05) is 44.6 Å². The van der Waals surface area contributed by atoms with Crippen LogP contribution in [0.15, 0.2) is 66.3 Å². The number of fused-ring (bicyclic) bond motifs is 2. The number of imidazole rings is 1. The summed E-state index contributed by atoms with van der Waals surface area (Å²) in [5.74, 6) is -0.269. The highest BCUT2D eigenvalue weighted by molar-refractivity contribution is 5.87. The molecule has 2 aliphatic rings. The molecule has 3 aromatic rings. The van der Waals surface area contributed by atoms with Gasteiger partial charge in [0.05, 0.1) is 22.5 Å². The van der Waals surface area contributed by atoms with Gasteiger partial charge in [0.1, 0.15) is 5.82 Å². The Hall–Kier alpha value is -4.08. The number of nitrogens with one attached hydrogen (secondary N) is 2. The molecule has 0 radical (unpaired) electrons. The standard InChI is InChI=1S/C32H36F3N5O2/c1-31(2,3)38-30(42)40-17-15-23-22(20-8-7-9-21(18-20)32(33,34)35)12-13-24(25(23)19-40)29(41)36-16-14-28-37-26-10-5-6-11-27(26)39(28)4/h5-13,18,24-25H,14-17,19H2,1-4H3,(H,36,41)(H,38,42). The van der Waals surface area contributed by atoms with Crippen molar-refractivity contribution in [1.82, 2.24) is 25.1 Å². The first-order valence-electron chi connectivity index (χ1n) is 14.2. The van der Waals surface area contributed by atoms with E-state index in [0.717, 1.165) is 34.6 Å². The zero-order chi connectivity index (χ0) is 30.2. The highest BCUT2D eigenvalue weighted by Crippen LogP contribution is 2.41. The van der Waals surface area contributed by atoms with Crippen LogP contribution < -0.4 is 10.6 Å². The second-order valence-electron chi connectivity index (χ2n) is 12.0. The molecule has 1 aliphatic carbocycles. The third kappa shape index (κ3) is 6.22. The lowest BCUT2D eigenvalue weighted by molar-refractivity contribution is -0.137. The molecule has 1 aromatic heterocycles. The normalized spacial score (nSPS) is 19.2. The molecule has 1 aliphatic heterocycles. The topological polar surface area (TPSA) is 79.3 Å². The largest absolute Gasteiger partial charge is 0.416 e. The van der Waals surface area contributed by atoms with Gasteiger partial charge in [0.2, 0.25) is 5.91 Å². The minimum absolute atomic E-state index is 0.186. The maximum atomic E-state index is 13.6. The van der Waals surface area contributed by atoms with Crippen molar-refractivity contribution in [3.05, 3.63) is 83.2 Å². The minimum atomic E-state index is -4.46. The first kappa shape index (κ1) is 29.4. The number of allylic oxidation sites excluding steroid dienone is 2. The van der Waals surface area contributed by atoms with E-state index in [4.69, 9.17) is 0 Å². The van der Waals surface area contributed by atoms with Crippen LogP contribution in [-0.2, 0) is 24.4 Å². The minimum Gasteiger partial charge on any atom is -0.355 e. The summed E-state index contributed by atoms with van der Waals surface area (Å²) < 4.78 is 42.5. The molecule has 10 heteroatoms. The van der Waals surface area contributed by atoms with Gasteiger partial charge in [0.15, 0.2) is 0 Å². The zero-order valence-electron chi connectivity index (χ0n) is 24.3. The van der Waals surface area contributed by atoms with Crippen LogP contribution in [0.25, 0.3) is 16.6 Å². The lowest BCUT2D eigenvalue weighted by atomic mass is 9.73. The number of hydrogen-bond donors (Lipinski definition) is 2. The van der Waals surface area contributed by atoms with Crippen LogP contribution in [0.1, 0.15) is 44.1 Å². The number of halogens is 3. The maximum absolute atomic E-state index is 13.6. The molecule has 5 rings (SSSR count). The van der Waals surface area contributed by atoms with Gasteiger partial charge in [-0.15, -0.1) is 0 Å². The summed E-state index contributed by atoms with van der Waals surface area (Å²) in [6, 6.07) is 12.9. The number of carbonyl (C=O) groups excluding carboxylic acids is 2. The van der Waals surface area contributed by atoms with Gasteiger partial charge in [-0.25, -0.2) is 9.78 Å². The van der Waals surface area contributed by atoms with E-state index in [9.17, 15) is 22.8 Å². The predicted octanol–water partition coefficient (Wildman–Crippen LogP) is 5.72. The number of carbonyl (C=O) groups is 2. The number of piperidine rings is 1. The second-order valence-corrected chi connectivity index (χ2v) is 12.0. The van der Waals surface area contributed by atoms with E-state index in [1.54, 1.807) is 23.1 Å². The summed E-state index contributed by atoms with van der Waals surface area (Å²) in [6.07, 6.45) is 0.0637. The Kier molecular flexibility index (Phi) is 7.92. The highest BCUT2D eigenvalue weighted by atomic mass is 19.4. The Morgan fingerprint density at radius 1 is 1.07 bits per heavy atom. The van der Waals surface area contributed by atoms with E-state index in [2.05, 4.69) is 15.6 Å². The lowest BCUT2D eigenvalue weighted by Gasteiger charge is -2.41. The van der Waals surface area contributed by atoms with Gasteiger partial charge < -0.3 is 20.1 Å². The predicted molar refractivity (Wildman–Crippen MR) is 156 cm³/mol. The summed E-state index contributed by atoms with van der Waals surface area (Å²) in [4.78, 5) is 33.0. The van der Waals surface area contributed by atoms with Crippen LogP contribution >= 0.6 is 0 Å². The fourth-order valence-electron chi connectivity index (χ4n) is 5.82. The van der Waals surface area contributed by atoms with Crippen LogP contribution in [0.4, 0.5) is 18.0 Å². The number of hydrogen-bond acceptors (Lipinski definition) is 3. The summed E-state index contributed by atoms with van der Waals surface area (Å²) >= 11 is 0. The molecular formula is C32H36F3N5O2. The fourth-order valence-corrected chi connectivity index (χ4v) is 5.82. The number of aryl methyl sites for hydroxylation is 1.